The molecule has 1 unspecified atom stereocenters. The van der Waals surface area contributed by atoms with Gasteiger partial charge in [-0.3, -0.25) is 0 Å². The highest BCUT2D eigenvalue weighted by molar-refractivity contribution is 8.69. The minimum atomic E-state index is 0.217. The number of likely N-dealkylation sites (tertiary alicyclic amines) is 1. The molecule has 2 saturated heterocycles. The standard InChI is InChI=1S/C13H25NOS2/c1-12(2,17-16)8-11-9-13(15-10-11)4-6-14(3)7-5-13/h11,16H,4-10H2,1-3H3. The molecular weight excluding hydrogens is 250 g/mol. The molecule has 2 fully saturated rings. The Labute approximate surface area is 115 Å². The summed E-state index contributed by atoms with van der Waals surface area (Å²) in [6, 6.07) is 0. The molecular formula is C13H25NOS2. The second-order valence-corrected chi connectivity index (χ2v) is 8.26. The molecule has 2 heterocycles. The zero-order chi connectivity index (χ0) is 12.5. The van der Waals surface area contributed by atoms with Crippen molar-refractivity contribution in [3.63, 3.8) is 0 Å². The average molecular weight is 275 g/mol. The summed E-state index contributed by atoms with van der Waals surface area (Å²) in [4.78, 5) is 2.41. The molecule has 1 atom stereocenters. The lowest BCUT2D eigenvalue weighted by Crippen LogP contribution is -2.42. The third-order valence-electron chi connectivity index (χ3n) is 4.21. The highest BCUT2D eigenvalue weighted by Gasteiger charge is 2.43. The van der Waals surface area contributed by atoms with Gasteiger partial charge in [0.05, 0.1) is 12.2 Å². The van der Waals surface area contributed by atoms with Gasteiger partial charge in [-0.15, -0.1) is 11.7 Å². The van der Waals surface area contributed by atoms with Crippen molar-refractivity contribution in [3.8, 4) is 0 Å². The van der Waals surface area contributed by atoms with Crippen molar-refractivity contribution in [3.05, 3.63) is 0 Å². The fraction of sp³-hybridized carbons (Fsp3) is 1.00. The third-order valence-corrected chi connectivity index (χ3v) is 6.36. The van der Waals surface area contributed by atoms with E-state index in [9.17, 15) is 0 Å². The van der Waals surface area contributed by atoms with Crippen LogP contribution >= 0.6 is 22.5 Å². The summed E-state index contributed by atoms with van der Waals surface area (Å²) >= 11 is 4.37. The molecule has 0 radical (unpaired) electrons. The molecule has 0 aromatic heterocycles. The fourth-order valence-corrected chi connectivity index (χ4v) is 3.71. The zero-order valence-corrected chi connectivity index (χ0v) is 12.9. The zero-order valence-electron chi connectivity index (χ0n) is 11.2. The smallest absolute Gasteiger partial charge is 0.0710 e. The lowest BCUT2D eigenvalue weighted by atomic mass is 9.83. The normalized spacial score (nSPS) is 30.0. The molecule has 2 nitrogen and oxygen atoms in total. The monoisotopic (exact) mass is 275 g/mol. The molecule has 0 amide bonds. The minimum absolute atomic E-state index is 0.217. The van der Waals surface area contributed by atoms with Gasteiger partial charge in [0.1, 0.15) is 0 Å². The van der Waals surface area contributed by atoms with E-state index in [-0.39, 0.29) is 10.3 Å². The van der Waals surface area contributed by atoms with E-state index in [1.807, 2.05) is 0 Å². The lowest BCUT2D eigenvalue weighted by Gasteiger charge is -2.37. The van der Waals surface area contributed by atoms with E-state index < -0.39 is 0 Å². The van der Waals surface area contributed by atoms with Crippen molar-refractivity contribution in [2.45, 2.75) is 49.9 Å². The van der Waals surface area contributed by atoms with E-state index in [0.717, 1.165) is 12.5 Å². The Morgan fingerprint density at radius 1 is 1.41 bits per heavy atom. The highest BCUT2D eigenvalue weighted by Crippen LogP contribution is 2.43. The maximum absolute atomic E-state index is 6.17. The Hall–Kier alpha value is 0.620. The number of hydrogen-bond acceptors (Lipinski definition) is 4. The number of ether oxygens (including phenoxy) is 1. The molecule has 4 heteroatoms. The summed E-state index contributed by atoms with van der Waals surface area (Å²) in [5, 5.41) is 0. The molecule has 100 valence electrons. The van der Waals surface area contributed by atoms with Crippen LogP contribution in [0.2, 0.25) is 0 Å². The van der Waals surface area contributed by atoms with Crippen molar-refractivity contribution in [2.75, 3.05) is 26.7 Å². The van der Waals surface area contributed by atoms with Crippen LogP contribution in [0.15, 0.2) is 0 Å². The van der Waals surface area contributed by atoms with Gasteiger partial charge in [0, 0.05) is 17.8 Å². The molecule has 1 spiro atoms. The molecule has 0 saturated carbocycles. The van der Waals surface area contributed by atoms with Crippen LogP contribution in [-0.2, 0) is 4.74 Å². The first-order valence-electron chi connectivity index (χ1n) is 6.60. The summed E-state index contributed by atoms with van der Waals surface area (Å²) < 4.78 is 6.44. The highest BCUT2D eigenvalue weighted by atomic mass is 33.1. The number of nitrogens with zero attached hydrogens (tertiary/aromatic N) is 1. The van der Waals surface area contributed by atoms with Crippen molar-refractivity contribution in [1.29, 1.82) is 0 Å². The van der Waals surface area contributed by atoms with Gasteiger partial charge < -0.3 is 9.64 Å². The quantitative estimate of drug-likeness (QED) is 0.627. The molecule has 17 heavy (non-hydrogen) atoms. The first-order chi connectivity index (χ1) is 7.95. The molecule has 0 aromatic rings. The topological polar surface area (TPSA) is 12.5 Å². The SMILES string of the molecule is CN1CCC2(CC1)CC(CC(C)(C)SS)CO2. The van der Waals surface area contributed by atoms with Crippen molar-refractivity contribution in [2.24, 2.45) is 5.92 Å². The average Bonchev–Trinajstić information content (AvgIpc) is 2.66. The van der Waals surface area contributed by atoms with Crippen LogP contribution in [0.25, 0.3) is 0 Å². The van der Waals surface area contributed by atoms with E-state index in [1.54, 1.807) is 10.8 Å². The van der Waals surface area contributed by atoms with Crippen LogP contribution in [0.3, 0.4) is 0 Å². The summed E-state index contributed by atoms with van der Waals surface area (Å²) in [5.74, 6) is 0.730. The van der Waals surface area contributed by atoms with Gasteiger partial charge in [0.2, 0.25) is 0 Å². The van der Waals surface area contributed by atoms with Gasteiger partial charge >= 0.3 is 0 Å². The Kier molecular flexibility index (Phi) is 4.39. The van der Waals surface area contributed by atoms with Gasteiger partial charge in [-0.25, -0.2) is 0 Å². The van der Waals surface area contributed by atoms with Gasteiger partial charge in [-0.1, -0.05) is 10.8 Å². The first kappa shape index (κ1) is 14.0. The van der Waals surface area contributed by atoms with Gasteiger partial charge in [0.15, 0.2) is 0 Å². The summed E-state index contributed by atoms with van der Waals surface area (Å²) in [5.41, 5.74) is 0.217. The first-order valence-corrected chi connectivity index (χ1v) is 8.47. The molecule has 0 aliphatic carbocycles. The molecule has 0 aromatic carbocycles. The van der Waals surface area contributed by atoms with Crippen LogP contribution in [0.4, 0.5) is 0 Å². The molecule has 2 aliphatic rings. The second kappa shape index (κ2) is 5.32. The fourth-order valence-electron chi connectivity index (χ4n) is 3.18. The van der Waals surface area contributed by atoms with Crippen LogP contribution < -0.4 is 0 Å². The Bertz CT molecular complexity index is 262. The lowest BCUT2D eigenvalue weighted by molar-refractivity contribution is -0.0395. The van der Waals surface area contributed by atoms with Crippen LogP contribution in [0, 0.1) is 5.92 Å². The van der Waals surface area contributed by atoms with Gasteiger partial charge in [0.25, 0.3) is 0 Å². The van der Waals surface area contributed by atoms with E-state index in [1.165, 1.54) is 38.8 Å². The number of piperidine rings is 1. The van der Waals surface area contributed by atoms with Crippen molar-refractivity contribution < 1.29 is 4.74 Å². The predicted molar refractivity (Wildman–Crippen MR) is 78.8 cm³/mol. The maximum atomic E-state index is 6.17. The largest absolute Gasteiger partial charge is 0.375 e. The van der Waals surface area contributed by atoms with Crippen molar-refractivity contribution in [1.82, 2.24) is 4.90 Å². The van der Waals surface area contributed by atoms with Crippen LogP contribution in [-0.4, -0.2) is 42.0 Å². The summed E-state index contributed by atoms with van der Waals surface area (Å²) in [6.45, 7) is 7.91. The molecule has 0 bridgehead atoms. The second-order valence-electron chi connectivity index (χ2n) is 6.42. The minimum Gasteiger partial charge on any atom is -0.375 e. The molecule has 2 aliphatic heterocycles. The Balaban J connectivity index is 1.87. The number of thiol groups is 1. The van der Waals surface area contributed by atoms with E-state index in [4.69, 9.17) is 4.74 Å². The van der Waals surface area contributed by atoms with Gasteiger partial charge in [-0.2, -0.15) is 0 Å². The van der Waals surface area contributed by atoms with E-state index >= 15 is 0 Å². The maximum Gasteiger partial charge on any atom is 0.0710 e. The molecule has 2 rings (SSSR count). The van der Waals surface area contributed by atoms with Gasteiger partial charge in [-0.05, 0) is 52.5 Å². The summed E-state index contributed by atoms with van der Waals surface area (Å²) in [6.07, 6.45) is 4.92. The third kappa shape index (κ3) is 3.55. The Morgan fingerprint density at radius 3 is 2.65 bits per heavy atom. The predicted octanol–water partition coefficient (Wildman–Crippen LogP) is 3.23. The van der Waals surface area contributed by atoms with E-state index in [0.29, 0.717) is 0 Å². The summed E-state index contributed by atoms with van der Waals surface area (Å²) in [7, 11) is 3.89. The number of rotatable bonds is 3. The van der Waals surface area contributed by atoms with Crippen LogP contribution in [0.5, 0.6) is 0 Å². The number of hydrogen-bond donors (Lipinski definition) is 1. The molecule has 0 N–H and O–H groups in total. The van der Waals surface area contributed by atoms with Crippen molar-refractivity contribution >= 4 is 22.5 Å². The van der Waals surface area contributed by atoms with Crippen LogP contribution in [0.1, 0.15) is 39.5 Å². The Morgan fingerprint density at radius 2 is 2.06 bits per heavy atom. The van der Waals surface area contributed by atoms with E-state index in [2.05, 4.69) is 37.5 Å².